The Balaban J connectivity index is 2.12. The first kappa shape index (κ1) is 14.2. The summed E-state index contributed by atoms with van der Waals surface area (Å²) in [6.07, 6.45) is 0.728. The average molecular weight is 316 g/mol. The Kier molecular flexibility index (Phi) is 4.70. The van der Waals surface area contributed by atoms with E-state index in [0.29, 0.717) is 26.4 Å². The summed E-state index contributed by atoms with van der Waals surface area (Å²) in [5, 5.41) is 1.49. The van der Waals surface area contributed by atoms with Crippen LogP contribution in [0.4, 0.5) is 0 Å². The molecule has 0 spiro atoms. The Labute approximate surface area is 125 Å². The molecule has 5 heteroatoms. The van der Waals surface area contributed by atoms with Gasteiger partial charge in [-0.25, -0.2) is 0 Å². The summed E-state index contributed by atoms with van der Waals surface area (Å²) in [6.45, 7) is 0.274. The minimum atomic E-state index is 0.274. The molecule has 2 rings (SSSR count). The van der Waals surface area contributed by atoms with Crippen molar-refractivity contribution in [1.29, 1.82) is 0 Å². The van der Waals surface area contributed by atoms with Gasteiger partial charge >= 0.3 is 0 Å². The summed E-state index contributed by atoms with van der Waals surface area (Å²) in [6, 6.07) is 10.0. The molecule has 0 atom stereocenters. The van der Waals surface area contributed by atoms with Crippen LogP contribution in [-0.4, -0.2) is 6.29 Å². The standard InChI is InChI=1S/C14H9Cl3O2/c15-11-3-2-10(12(16)6-11)8-19-14-4-1-9(7-18)5-13(14)17/h1-7H,8H2. The van der Waals surface area contributed by atoms with Gasteiger partial charge in [0.1, 0.15) is 18.6 Å². The Bertz CT molecular complexity index is 612. The summed E-state index contributed by atoms with van der Waals surface area (Å²) in [5.74, 6) is 0.498. The topological polar surface area (TPSA) is 26.3 Å². The first-order chi connectivity index (χ1) is 9.10. The van der Waals surface area contributed by atoms with E-state index < -0.39 is 0 Å². The monoisotopic (exact) mass is 314 g/mol. The highest BCUT2D eigenvalue weighted by Crippen LogP contribution is 2.27. The van der Waals surface area contributed by atoms with Crippen LogP contribution in [0.25, 0.3) is 0 Å². The molecule has 0 saturated heterocycles. The molecule has 0 bridgehead atoms. The number of benzene rings is 2. The lowest BCUT2D eigenvalue weighted by atomic mass is 10.2. The third-order valence-electron chi connectivity index (χ3n) is 2.49. The van der Waals surface area contributed by atoms with Gasteiger partial charge in [0.15, 0.2) is 0 Å². The fourth-order valence-electron chi connectivity index (χ4n) is 1.50. The normalized spacial score (nSPS) is 10.3. The van der Waals surface area contributed by atoms with E-state index in [1.54, 1.807) is 36.4 Å². The van der Waals surface area contributed by atoms with Crippen molar-refractivity contribution in [2.75, 3.05) is 0 Å². The lowest BCUT2D eigenvalue weighted by Crippen LogP contribution is -1.97. The fraction of sp³-hybridized carbons (Fsp3) is 0.0714. The van der Waals surface area contributed by atoms with Crippen molar-refractivity contribution in [3.05, 3.63) is 62.6 Å². The predicted molar refractivity (Wildman–Crippen MR) is 77.6 cm³/mol. The van der Waals surface area contributed by atoms with E-state index in [9.17, 15) is 4.79 Å². The van der Waals surface area contributed by atoms with E-state index in [4.69, 9.17) is 39.5 Å². The quantitative estimate of drug-likeness (QED) is 0.739. The van der Waals surface area contributed by atoms with E-state index in [2.05, 4.69) is 0 Å². The van der Waals surface area contributed by atoms with Gasteiger partial charge in [0.05, 0.1) is 5.02 Å². The molecule has 2 aromatic rings. The number of halogens is 3. The molecule has 19 heavy (non-hydrogen) atoms. The van der Waals surface area contributed by atoms with Gasteiger partial charge in [0.25, 0.3) is 0 Å². The molecule has 0 heterocycles. The molecule has 98 valence electrons. The van der Waals surface area contributed by atoms with Crippen molar-refractivity contribution in [2.45, 2.75) is 6.61 Å². The molecule has 0 radical (unpaired) electrons. The first-order valence-corrected chi connectivity index (χ1v) is 6.55. The predicted octanol–water partition coefficient (Wildman–Crippen LogP) is 5.04. The van der Waals surface area contributed by atoms with Crippen molar-refractivity contribution in [1.82, 2.24) is 0 Å². The number of ether oxygens (including phenoxy) is 1. The zero-order valence-electron chi connectivity index (χ0n) is 9.70. The molecule has 2 nitrogen and oxygen atoms in total. The summed E-state index contributed by atoms with van der Waals surface area (Å²) >= 11 is 17.9. The van der Waals surface area contributed by atoms with Gasteiger partial charge in [0, 0.05) is 21.2 Å². The summed E-state index contributed by atoms with van der Waals surface area (Å²) < 4.78 is 5.57. The molecular weight excluding hydrogens is 307 g/mol. The van der Waals surface area contributed by atoms with Crippen LogP contribution >= 0.6 is 34.8 Å². The van der Waals surface area contributed by atoms with E-state index in [-0.39, 0.29) is 6.61 Å². The van der Waals surface area contributed by atoms with Gasteiger partial charge in [-0.3, -0.25) is 4.79 Å². The Hall–Kier alpha value is -1.22. The second-order valence-corrected chi connectivity index (χ2v) is 5.08. The van der Waals surface area contributed by atoms with Crippen LogP contribution in [0.5, 0.6) is 5.75 Å². The average Bonchev–Trinajstić information content (AvgIpc) is 2.39. The third-order valence-corrected chi connectivity index (χ3v) is 3.37. The minimum Gasteiger partial charge on any atom is -0.487 e. The van der Waals surface area contributed by atoms with E-state index in [0.717, 1.165) is 11.8 Å². The SMILES string of the molecule is O=Cc1ccc(OCc2ccc(Cl)cc2Cl)c(Cl)c1. The van der Waals surface area contributed by atoms with Crippen LogP contribution in [-0.2, 0) is 6.61 Å². The second kappa shape index (κ2) is 6.29. The molecule has 0 aromatic heterocycles. The van der Waals surface area contributed by atoms with E-state index in [1.807, 2.05) is 0 Å². The van der Waals surface area contributed by atoms with Crippen LogP contribution < -0.4 is 4.74 Å². The summed E-state index contributed by atoms with van der Waals surface area (Å²) in [4.78, 5) is 10.6. The molecule has 0 N–H and O–H groups in total. The lowest BCUT2D eigenvalue weighted by Gasteiger charge is -2.09. The number of carbonyl (C=O) groups is 1. The van der Waals surface area contributed by atoms with Crippen LogP contribution in [0.3, 0.4) is 0 Å². The van der Waals surface area contributed by atoms with Crippen molar-refractivity contribution in [2.24, 2.45) is 0 Å². The molecule has 0 amide bonds. The van der Waals surface area contributed by atoms with Gasteiger partial charge in [-0.1, -0.05) is 40.9 Å². The van der Waals surface area contributed by atoms with Crippen molar-refractivity contribution in [3.63, 3.8) is 0 Å². The highest BCUT2D eigenvalue weighted by molar-refractivity contribution is 6.35. The summed E-state index contributed by atoms with van der Waals surface area (Å²) in [7, 11) is 0. The number of hydrogen-bond donors (Lipinski definition) is 0. The third kappa shape index (κ3) is 3.63. The number of carbonyl (C=O) groups excluding carboxylic acids is 1. The molecule has 2 aromatic carbocycles. The molecule has 0 aliphatic rings. The van der Waals surface area contributed by atoms with Crippen LogP contribution in [0, 0.1) is 0 Å². The maximum atomic E-state index is 10.6. The highest BCUT2D eigenvalue weighted by atomic mass is 35.5. The molecule has 0 saturated carbocycles. The van der Waals surface area contributed by atoms with Gasteiger partial charge < -0.3 is 4.74 Å². The van der Waals surface area contributed by atoms with Crippen LogP contribution in [0.1, 0.15) is 15.9 Å². The summed E-state index contributed by atoms with van der Waals surface area (Å²) in [5.41, 5.74) is 1.31. The molecular formula is C14H9Cl3O2. The second-order valence-electron chi connectivity index (χ2n) is 3.83. The highest BCUT2D eigenvalue weighted by Gasteiger charge is 2.06. The van der Waals surface area contributed by atoms with Gasteiger partial charge in [0.2, 0.25) is 0 Å². The molecule has 0 aliphatic carbocycles. The van der Waals surface area contributed by atoms with Crippen molar-refractivity contribution < 1.29 is 9.53 Å². The lowest BCUT2D eigenvalue weighted by molar-refractivity contribution is 0.112. The Morgan fingerprint density at radius 1 is 1.00 bits per heavy atom. The molecule has 0 unspecified atom stereocenters. The Morgan fingerprint density at radius 3 is 2.42 bits per heavy atom. The maximum absolute atomic E-state index is 10.6. The zero-order chi connectivity index (χ0) is 13.8. The van der Waals surface area contributed by atoms with Gasteiger partial charge in [-0.05, 0) is 30.3 Å². The smallest absolute Gasteiger partial charge is 0.150 e. The number of rotatable bonds is 4. The first-order valence-electron chi connectivity index (χ1n) is 5.41. The molecule has 0 fully saturated rings. The fourth-order valence-corrected chi connectivity index (χ4v) is 2.21. The minimum absolute atomic E-state index is 0.274. The number of aldehydes is 1. The van der Waals surface area contributed by atoms with Crippen molar-refractivity contribution in [3.8, 4) is 5.75 Å². The maximum Gasteiger partial charge on any atom is 0.150 e. The van der Waals surface area contributed by atoms with Crippen LogP contribution in [0.2, 0.25) is 15.1 Å². The van der Waals surface area contributed by atoms with E-state index >= 15 is 0 Å². The number of hydrogen-bond acceptors (Lipinski definition) is 2. The van der Waals surface area contributed by atoms with Crippen LogP contribution in [0.15, 0.2) is 36.4 Å². The molecule has 0 aliphatic heterocycles. The van der Waals surface area contributed by atoms with E-state index in [1.165, 1.54) is 0 Å². The zero-order valence-corrected chi connectivity index (χ0v) is 12.0. The van der Waals surface area contributed by atoms with Gasteiger partial charge in [-0.2, -0.15) is 0 Å². The largest absolute Gasteiger partial charge is 0.487 e. The Morgan fingerprint density at radius 2 is 1.79 bits per heavy atom. The van der Waals surface area contributed by atoms with Gasteiger partial charge in [-0.15, -0.1) is 0 Å². The van der Waals surface area contributed by atoms with Crippen molar-refractivity contribution >= 4 is 41.1 Å².